The predicted octanol–water partition coefficient (Wildman–Crippen LogP) is 5.05. The Morgan fingerprint density at radius 3 is 2.70 bits per heavy atom. The highest BCUT2D eigenvalue weighted by atomic mass is 79.9. The molecule has 0 aromatic heterocycles. The van der Waals surface area contributed by atoms with Crippen LogP contribution >= 0.6 is 39.1 Å². The third-order valence-electron chi connectivity index (χ3n) is 2.80. The molecule has 0 radical (unpaired) electrons. The van der Waals surface area contributed by atoms with Gasteiger partial charge in [0.2, 0.25) is 0 Å². The summed E-state index contributed by atoms with van der Waals surface area (Å²) in [5, 5.41) is 4.42. The standard InChI is InChI=1S/C15H14BrCl2NO/c1-19-8-10-3-2-4-13(16)15(10)20-9-11-7-12(17)5-6-14(11)18/h2-7,19H,8-9H2,1H3. The fourth-order valence-corrected chi connectivity index (χ4v) is 2.74. The van der Waals surface area contributed by atoms with Gasteiger partial charge in [-0.15, -0.1) is 0 Å². The van der Waals surface area contributed by atoms with Crippen LogP contribution in [0.1, 0.15) is 11.1 Å². The summed E-state index contributed by atoms with van der Waals surface area (Å²) in [4.78, 5) is 0. The maximum Gasteiger partial charge on any atom is 0.138 e. The van der Waals surface area contributed by atoms with E-state index in [1.807, 2.05) is 31.3 Å². The molecule has 0 spiro atoms. The van der Waals surface area contributed by atoms with Gasteiger partial charge in [-0.2, -0.15) is 0 Å². The lowest BCUT2D eigenvalue weighted by Crippen LogP contribution is -2.08. The highest BCUT2D eigenvalue weighted by molar-refractivity contribution is 9.10. The Labute approximate surface area is 137 Å². The van der Waals surface area contributed by atoms with Gasteiger partial charge in [0.25, 0.3) is 0 Å². The quantitative estimate of drug-likeness (QED) is 0.790. The molecular weight excluding hydrogens is 361 g/mol. The van der Waals surface area contributed by atoms with Crippen molar-refractivity contribution in [1.29, 1.82) is 0 Å². The lowest BCUT2D eigenvalue weighted by atomic mass is 10.2. The fraction of sp³-hybridized carbons (Fsp3) is 0.200. The van der Waals surface area contributed by atoms with E-state index in [2.05, 4.69) is 21.2 Å². The van der Waals surface area contributed by atoms with Crippen LogP contribution in [0.25, 0.3) is 0 Å². The summed E-state index contributed by atoms with van der Waals surface area (Å²) < 4.78 is 6.83. The zero-order valence-electron chi connectivity index (χ0n) is 10.9. The number of benzene rings is 2. The topological polar surface area (TPSA) is 21.3 Å². The van der Waals surface area contributed by atoms with Crippen molar-refractivity contribution in [1.82, 2.24) is 5.32 Å². The molecule has 0 saturated carbocycles. The molecule has 0 bridgehead atoms. The molecule has 0 aliphatic rings. The molecule has 106 valence electrons. The largest absolute Gasteiger partial charge is 0.487 e. The van der Waals surface area contributed by atoms with Crippen LogP contribution in [-0.4, -0.2) is 7.05 Å². The zero-order chi connectivity index (χ0) is 14.5. The van der Waals surface area contributed by atoms with E-state index in [0.29, 0.717) is 16.7 Å². The summed E-state index contributed by atoms with van der Waals surface area (Å²) in [5.41, 5.74) is 1.95. The van der Waals surface area contributed by atoms with E-state index in [1.165, 1.54) is 0 Å². The highest BCUT2D eigenvalue weighted by Gasteiger charge is 2.09. The van der Waals surface area contributed by atoms with Gasteiger partial charge in [0.15, 0.2) is 0 Å². The van der Waals surface area contributed by atoms with Gasteiger partial charge >= 0.3 is 0 Å². The van der Waals surface area contributed by atoms with Crippen molar-refractivity contribution >= 4 is 39.1 Å². The van der Waals surface area contributed by atoms with Crippen LogP contribution in [-0.2, 0) is 13.2 Å². The number of hydrogen-bond donors (Lipinski definition) is 1. The van der Waals surface area contributed by atoms with Crippen LogP contribution in [0.2, 0.25) is 10.0 Å². The molecule has 2 nitrogen and oxygen atoms in total. The van der Waals surface area contributed by atoms with Gasteiger partial charge in [-0.05, 0) is 47.2 Å². The average molecular weight is 375 g/mol. The van der Waals surface area contributed by atoms with Crippen molar-refractivity contribution in [2.75, 3.05) is 7.05 Å². The van der Waals surface area contributed by atoms with Gasteiger partial charge in [0, 0.05) is 27.7 Å². The Morgan fingerprint density at radius 2 is 1.95 bits per heavy atom. The number of para-hydroxylation sites is 1. The average Bonchev–Trinajstić information content (AvgIpc) is 2.42. The van der Waals surface area contributed by atoms with Crippen molar-refractivity contribution < 1.29 is 4.74 Å². The molecule has 0 atom stereocenters. The first kappa shape index (κ1) is 15.6. The molecule has 0 amide bonds. The van der Waals surface area contributed by atoms with E-state index in [-0.39, 0.29) is 0 Å². The smallest absolute Gasteiger partial charge is 0.138 e. The number of hydrogen-bond acceptors (Lipinski definition) is 2. The van der Waals surface area contributed by atoms with E-state index in [1.54, 1.807) is 12.1 Å². The highest BCUT2D eigenvalue weighted by Crippen LogP contribution is 2.31. The van der Waals surface area contributed by atoms with E-state index in [4.69, 9.17) is 27.9 Å². The molecule has 2 rings (SSSR count). The second kappa shape index (κ2) is 7.32. The molecule has 0 saturated heterocycles. The van der Waals surface area contributed by atoms with E-state index in [0.717, 1.165) is 27.9 Å². The molecule has 0 unspecified atom stereocenters. The number of rotatable bonds is 5. The van der Waals surface area contributed by atoms with Crippen molar-refractivity contribution in [2.45, 2.75) is 13.2 Å². The lowest BCUT2D eigenvalue weighted by Gasteiger charge is -2.14. The Morgan fingerprint density at radius 1 is 1.15 bits per heavy atom. The maximum absolute atomic E-state index is 6.14. The molecule has 20 heavy (non-hydrogen) atoms. The van der Waals surface area contributed by atoms with Crippen LogP contribution in [0.3, 0.4) is 0 Å². The first-order chi connectivity index (χ1) is 9.61. The molecule has 1 N–H and O–H groups in total. The normalized spacial score (nSPS) is 10.6. The van der Waals surface area contributed by atoms with Crippen molar-refractivity contribution in [2.24, 2.45) is 0 Å². The third kappa shape index (κ3) is 3.89. The van der Waals surface area contributed by atoms with Crippen LogP contribution in [0.15, 0.2) is 40.9 Å². The van der Waals surface area contributed by atoms with Crippen molar-refractivity contribution in [3.05, 3.63) is 62.0 Å². The zero-order valence-corrected chi connectivity index (χ0v) is 14.0. The van der Waals surface area contributed by atoms with Crippen LogP contribution in [0.4, 0.5) is 0 Å². The SMILES string of the molecule is CNCc1cccc(Br)c1OCc1cc(Cl)ccc1Cl. The minimum atomic E-state index is 0.374. The molecule has 0 aliphatic heterocycles. The van der Waals surface area contributed by atoms with Gasteiger partial charge < -0.3 is 10.1 Å². The Bertz CT molecular complexity index is 604. The minimum Gasteiger partial charge on any atom is -0.487 e. The molecule has 2 aromatic rings. The predicted molar refractivity (Wildman–Crippen MR) is 87.7 cm³/mol. The van der Waals surface area contributed by atoms with Crippen molar-refractivity contribution in [3.63, 3.8) is 0 Å². The van der Waals surface area contributed by atoms with Crippen LogP contribution in [0, 0.1) is 0 Å². The molecule has 0 aliphatic carbocycles. The Hall–Kier alpha value is -0.740. The molecule has 0 heterocycles. The molecule has 0 fully saturated rings. The van der Waals surface area contributed by atoms with Gasteiger partial charge in [-0.25, -0.2) is 0 Å². The first-order valence-electron chi connectivity index (χ1n) is 6.10. The summed E-state index contributed by atoms with van der Waals surface area (Å²) in [6.45, 7) is 1.11. The fourth-order valence-electron chi connectivity index (χ4n) is 1.85. The number of ether oxygens (including phenoxy) is 1. The first-order valence-corrected chi connectivity index (χ1v) is 7.65. The van der Waals surface area contributed by atoms with Gasteiger partial charge in [0.1, 0.15) is 12.4 Å². The van der Waals surface area contributed by atoms with Crippen LogP contribution < -0.4 is 10.1 Å². The summed E-state index contributed by atoms with van der Waals surface area (Å²) in [6, 6.07) is 11.3. The second-order valence-corrected chi connectivity index (χ2v) is 5.98. The Balaban J connectivity index is 2.20. The second-order valence-electron chi connectivity index (χ2n) is 4.28. The summed E-state index contributed by atoms with van der Waals surface area (Å²) >= 11 is 15.6. The number of nitrogens with one attached hydrogen (secondary N) is 1. The summed E-state index contributed by atoms with van der Waals surface area (Å²) in [7, 11) is 1.90. The summed E-state index contributed by atoms with van der Waals surface area (Å²) in [6.07, 6.45) is 0. The monoisotopic (exact) mass is 373 g/mol. The summed E-state index contributed by atoms with van der Waals surface area (Å²) in [5.74, 6) is 0.817. The van der Waals surface area contributed by atoms with Gasteiger partial charge in [-0.1, -0.05) is 35.3 Å². The van der Waals surface area contributed by atoms with E-state index >= 15 is 0 Å². The molecule has 2 aromatic carbocycles. The minimum absolute atomic E-state index is 0.374. The van der Waals surface area contributed by atoms with Gasteiger partial charge in [-0.3, -0.25) is 0 Å². The van der Waals surface area contributed by atoms with Crippen molar-refractivity contribution in [3.8, 4) is 5.75 Å². The van der Waals surface area contributed by atoms with E-state index < -0.39 is 0 Å². The van der Waals surface area contributed by atoms with Crippen LogP contribution in [0.5, 0.6) is 5.75 Å². The molecule has 5 heteroatoms. The maximum atomic E-state index is 6.14. The lowest BCUT2D eigenvalue weighted by molar-refractivity contribution is 0.300. The molecular formula is C15H14BrCl2NO. The van der Waals surface area contributed by atoms with E-state index in [9.17, 15) is 0 Å². The third-order valence-corrected chi connectivity index (χ3v) is 4.02. The Kier molecular flexibility index (Phi) is 5.73. The van der Waals surface area contributed by atoms with Gasteiger partial charge in [0.05, 0.1) is 4.47 Å². The number of halogens is 3.